The Bertz CT molecular complexity index is 711. The van der Waals surface area contributed by atoms with Gasteiger partial charge in [-0.25, -0.2) is 4.98 Å². The second kappa shape index (κ2) is 9.78. The van der Waals surface area contributed by atoms with Gasteiger partial charge >= 0.3 is 0 Å². The molecule has 1 aromatic carbocycles. The van der Waals surface area contributed by atoms with Crippen LogP contribution in [0.5, 0.6) is 0 Å². The molecule has 25 heavy (non-hydrogen) atoms. The van der Waals surface area contributed by atoms with Crippen LogP contribution in [0.3, 0.4) is 0 Å². The quantitative estimate of drug-likeness (QED) is 0.640. The van der Waals surface area contributed by atoms with Crippen molar-refractivity contribution in [2.24, 2.45) is 0 Å². The van der Waals surface area contributed by atoms with E-state index in [1.807, 2.05) is 35.8 Å². The Morgan fingerprint density at radius 1 is 1.16 bits per heavy atom. The number of carbonyl (C=O) groups is 2. The summed E-state index contributed by atoms with van der Waals surface area (Å²) in [7, 11) is 0. The van der Waals surface area contributed by atoms with E-state index in [9.17, 15) is 9.59 Å². The lowest BCUT2D eigenvalue weighted by atomic mass is 10.3. The molecule has 2 N–H and O–H groups in total. The summed E-state index contributed by atoms with van der Waals surface area (Å²) in [5, 5.41) is 5.71. The number of hydrogen-bond donors (Lipinski definition) is 2. The van der Waals surface area contributed by atoms with Gasteiger partial charge in [0.2, 0.25) is 11.8 Å². The summed E-state index contributed by atoms with van der Waals surface area (Å²) in [6.45, 7) is 6.12. The third kappa shape index (κ3) is 5.56. The third-order valence-electron chi connectivity index (χ3n) is 3.79. The zero-order valence-electron chi connectivity index (χ0n) is 14.9. The highest BCUT2D eigenvalue weighted by Crippen LogP contribution is 2.16. The van der Waals surface area contributed by atoms with Gasteiger partial charge in [0, 0.05) is 26.2 Å². The van der Waals surface area contributed by atoms with Crippen LogP contribution in [0.2, 0.25) is 0 Å². The maximum Gasteiger partial charge on any atom is 0.240 e. The molecule has 0 fully saturated rings. The van der Waals surface area contributed by atoms with Gasteiger partial charge in [0.25, 0.3) is 0 Å². The lowest BCUT2D eigenvalue weighted by molar-refractivity contribution is -0.121. The summed E-state index contributed by atoms with van der Waals surface area (Å²) in [6.07, 6.45) is 1.20. The Morgan fingerprint density at radius 2 is 1.96 bits per heavy atom. The Morgan fingerprint density at radius 3 is 2.72 bits per heavy atom. The van der Waals surface area contributed by atoms with E-state index < -0.39 is 0 Å². The van der Waals surface area contributed by atoms with Crippen molar-refractivity contribution >= 4 is 22.8 Å². The van der Waals surface area contributed by atoms with E-state index in [1.54, 1.807) is 6.92 Å². The van der Waals surface area contributed by atoms with Crippen molar-refractivity contribution in [1.82, 2.24) is 20.2 Å². The predicted molar refractivity (Wildman–Crippen MR) is 96.0 cm³/mol. The second-order valence-corrected chi connectivity index (χ2v) is 5.63. The SMILES string of the molecule is CCOCCCNC(=O)Cn1c(CNC(=O)CC)nc2ccccc21. The highest BCUT2D eigenvalue weighted by molar-refractivity contribution is 5.81. The number of nitrogens with one attached hydrogen (secondary N) is 2. The minimum absolute atomic E-state index is 0.0426. The molecule has 0 aliphatic rings. The van der Waals surface area contributed by atoms with Crippen LogP contribution in [-0.4, -0.2) is 41.1 Å². The number of aromatic nitrogens is 2. The zero-order valence-corrected chi connectivity index (χ0v) is 14.9. The van der Waals surface area contributed by atoms with E-state index in [2.05, 4.69) is 15.6 Å². The zero-order chi connectivity index (χ0) is 18.1. The Hall–Kier alpha value is -2.41. The molecule has 0 aliphatic heterocycles. The van der Waals surface area contributed by atoms with Crippen molar-refractivity contribution in [3.05, 3.63) is 30.1 Å². The number of rotatable bonds is 10. The van der Waals surface area contributed by atoms with Gasteiger partial charge in [-0.2, -0.15) is 0 Å². The van der Waals surface area contributed by atoms with Crippen molar-refractivity contribution in [3.8, 4) is 0 Å². The highest BCUT2D eigenvalue weighted by Gasteiger charge is 2.13. The largest absolute Gasteiger partial charge is 0.382 e. The van der Waals surface area contributed by atoms with E-state index in [1.165, 1.54) is 0 Å². The topological polar surface area (TPSA) is 85.2 Å². The number of fused-ring (bicyclic) bond motifs is 1. The van der Waals surface area contributed by atoms with Crippen LogP contribution in [0.25, 0.3) is 11.0 Å². The van der Waals surface area contributed by atoms with E-state index >= 15 is 0 Å². The average Bonchev–Trinajstić information content (AvgIpc) is 2.97. The molecular formula is C18H26N4O3. The lowest BCUT2D eigenvalue weighted by Gasteiger charge is -2.10. The summed E-state index contributed by atoms with van der Waals surface area (Å²) in [6, 6.07) is 7.64. The number of benzene rings is 1. The van der Waals surface area contributed by atoms with Crippen molar-refractivity contribution in [2.75, 3.05) is 19.8 Å². The number of amides is 2. The summed E-state index contributed by atoms with van der Waals surface area (Å²) in [5.74, 6) is 0.550. The van der Waals surface area contributed by atoms with Gasteiger partial charge in [-0.05, 0) is 25.5 Å². The van der Waals surface area contributed by atoms with E-state index in [4.69, 9.17) is 4.74 Å². The molecule has 2 amide bonds. The summed E-state index contributed by atoms with van der Waals surface area (Å²) in [4.78, 5) is 28.3. The van der Waals surface area contributed by atoms with Crippen molar-refractivity contribution in [2.45, 2.75) is 39.8 Å². The number of para-hydroxylation sites is 2. The van der Waals surface area contributed by atoms with Gasteiger partial charge in [-0.1, -0.05) is 19.1 Å². The monoisotopic (exact) mass is 346 g/mol. The summed E-state index contributed by atoms with van der Waals surface area (Å²) in [5.41, 5.74) is 1.69. The third-order valence-corrected chi connectivity index (χ3v) is 3.79. The highest BCUT2D eigenvalue weighted by atomic mass is 16.5. The fourth-order valence-electron chi connectivity index (χ4n) is 2.49. The van der Waals surface area contributed by atoms with Crippen molar-refractivity contribution in [3.63, 3.8) is 0 Å². The first-order valence-corrected chi connectivity index (χ1v) is 8.71. The molecule has 0 aliphatic carbocycles. The Balaban J connectivity index is 2.04. The molecule has 1 aromatic heterocycles. The molecule has 0 saturated heterocycles. The molecule has 2 rings (SSSR count). The first-order chi connectivity index (χ1) is 12.2. The smallest absolute Gasteiger partial charge is 0.240 e. The van der Waals surface area contributed by atoms with Gasteiger partial charge in [0.15, 0.2) is 0 Å². The molecular weight excluding hydrogens is 320 g/mol. The van der Waals surface area contributed by atoms with Crippen molar-refractivity contribution in [1.29, 1.82) is 0 Å². The number of carbonyl (C=O) groups excluding carboxylic acids is 2. The maximum absolute atomic E-state index is 12.2. The fraction of sp³-hybridized carbons (Fsp3) is 0.500. The maximum atomic E-state index is 12.2. The summed E-state index contributed by atoms with van der Waals surface area (Å²) < 4.78 is 7.11. The Kier molecular flexibility index (Phi) is 7.40. The van der Waals surface area contributed by atoms with E-state index in [0.717, 1.165) is 17.5 Å². The van der Waals surface area contributed by atoms with Gasteiger partial charge in [-0.3, -0.25) is 9.59 Å². The molecule has 0 atom stereocenters. The summed E-state index contributed by atoms with van der Waals surface area (Å²) >= 11 is 0. The first kappa shape index (κ1) is 18.9. The predicted octanol–water partition coefficient (Wildman–Crippen LogP) is 1.61. The van der Waals surface area contributed by atoms with E-state index in [-0.39, 0.29) is 18.4 Å². The van der Waals surface area contributed by atoms with Crippen LogP contribution in [0, 0.1) is 0 Å². The van der Waals surface area contributed by atoms with Gasteiger partial charge in [-0.15, -0.1) is 0 Å². The van der Waals surface area contributed by atoms with Crippen LogP contribution in [-0.2, 0) is 27.4 Å². The molecule has 0 saturated carbocycles. The van der Waals surface area contributed by atoms with Gasteiger partial charge in [0.05, 0.1) is 17.6 Å². The first-order valence-electron chi connectivity index (χ1n) is 8.71. The number of hydrogen-bond acceptors (Lipinski definition) is 4. The minimum Gasteiger partial charge on any atom is -0.382 e. The van der Waals surface area contributed by atoms with Crippen LogP contribution < -0.4 is 10.6 Å². The Labute approximate surface area is 147 Å². The van der Waals surface area contributed by atoms with Crippen LogP contribution in [0.15, 0.2) is 24.3 Å². The number of imidazole rings is 1. The lowest BCUT2D eigenvalue weighted by Crippen LogP contribution is -2.30. The fourth-order valence-corrected chi connectivity index (χ4v) is 2.49. The molecule has 0 unspecified atom stereocenters. The molecule has 7 nitrogen and oxygen atoms in total. The van der Waals surface area contributed by atoms with Gasteiger partial charge in [0.1, 0.15) is 12.4 Å². The molecule has 0 radical (unpaired) electrons. The molecule has 1 heterocycles. The van der Waals surface area contributed by atoms with Crippen LogP contribution >= 0.6 is 0 Å². The van der Waals surface area contributed by atoms with E-state index in [0.29, 0.717) is 38.5 Å². The molecule has 0 spiro atoms. The average molecular weight is 346 g/mol. The van der Waals surface area contributed by atoms with Gasteiger partial charge < -0.3 is 19.9 Å². The standard InChI is InChI=1S/C18H26N4O3/c1-3-17(23)20-12-16-21-14-8-5-6-9-15(14)22(16)13-18(24)19-10-7-11-25-4-2/h5-6,8-9H,3-4,7,10-13H2,1-2H3,(H,19,24)(H,20,23). The molecule has 7 heteroatoms. The normalized spacial score (nSPS) is 10.8. The molecule has 136 valence electrons. The number of nitrogens with zero attached hydrogens (tertiary/aromatic N) is 2. The minimum atomic E-state index is -0.0808. The van der Waals surface area contributed by atoms with Crippen molar-refractivity contribution < 1.29 is 14.3 Å². The number of ether oxygens (including phenoxy) is 1. The molecule has 2 aromatic rings. The molecule has 0 bridgehead atoms. The van der Waals surface area contributed by atoms with Crippen LogP contribution in [0.4, 0.5) is 0 Å². The second-order valence-electron chi connectivity index (χ2n) is 5.63. The van der Waals surface area contributed by atoms with Crippen LogP contribution in [0.1, 0.15) is 32.5 Å².